The molecule has 0 radical (unpaired) electrons. The summed E-state index contributed by atoms with van der Waals surface area (Å²) < 4.78 is 29.6. The first-order valence-electron chi connectivity index (χ1n) is 25.0. The van der Waals surface area contributed by atoms with Gasteiger partial charge in [0.1, 0.15) is 35.9 Å². The van der Waals surface area contributed by atoms with E-state index in [4.69, 9.17) is 23.4 Å². The van der Waals surface area contributed by atoms with Crippen molar-refractivity contribution in [3.05, 3.63) is 71.8 Å². The van der Waals surface area contributed by atoms with Crippen LogP contribution in [0, 0.1) is 35.5 Å². The number of carbonyl (C=O) groups excluding carboxylic acids is 5. The molecule has 3 aliphatic heterocycles. The average molecular weight is 950 g/mol. The summed E-state index contributed by atoms with van der Waals surface area (Å²) in [6.07, 6.45) is 13.3. The topological polar surface area (TPSA) is 199 Å². The standard InChI is InChI=1S/C54H79NO13/c1-32-16-11-10-12-17-33(2)41(45-19-15-25-66-45)30-40-22-20-38(7)54(63,68-40)51(60)52(61)55-24-14-13-18-42(55)53(62)67-46(35(4)28-39-21-23-43(56)47(29-39)64-8)31-44(57)34(3)27-37(6)49(59)50(65-9)48(58)36(5)26-32/h10-12,15-17,19,25,27,32,34-36,38-43,46-47,49-50,56,59,63H,13-14,18,20-24,26,28-31H2,1-9H3/b12-10+,16-11+,33-17+,37-27+/t32-,34-,35-,36-,38?,39+,40?,41-,42?,43-,46+,47-,49-,50+,54-/m1/s1. The second-order valence-electron chi connectivity index (χ2n) is 20.4. The van der Waals surface area contributed by atoms with E-state index in [2.05, 4.69) is 0 Å². The second kappa shape index (κ2) is 25.2. The van der Waals surface area contributed by atoms with E-state index in [1.807, 2.05) is 64.1 Å². The number of aliphatic hydroxyl groups excluding tert-OH is 2. The van der Waals surface area contributed by atoms with Crippen LogP contribution in [0.1, 0.15) is 137 Å². The van der Waals surface area contributed by atoms with Crippen LogP contribution in [0.25, 0.3) is 0 Å². The van der Waals surface area contributed by atoms with Gasteiger partial charge in [0.2, 0.25) is 5.79 Å². The van der Waals surface area contributed by atoms with Gasteiger partial charge in [0.05, 0.1) is 24.6 Å². The van der Waals surface area contributed by atoms with Gasteiger partial charge in [-0.2, -0.15) is 0 Å². The van der Waals surface area contributed by atoms with Crippen molar-refractivity contribution in [2.75, 3.05) is 20.8 Å². The molecule has 3 unspecified atom stereocenters. The van der Waals surface area contributed by atoms with Crippen molar-refractivity contribution < 1.29 is 62.7 Å². The lowest BCUT2D eigenvalue weighted by atomic mass is 9.78. The molecule has 378 valence electrons. The number of rotatable bonds is 6. The van der Waals surface area contributed by atoms with Gasteiger partial charge in [-0.15, -0.1) is 0 Å². The number of aliphatic hydroxyl groups is 3. The Morgan fingerprint density at radius 3 is 2.32 bits per heavy atom. The monoisotopic (exact) mass is 950 g/mol. The van der Waals surface area contributed by atoms with Crippen molar-refractivity contribution in [3.8, 4) is 0 Å². The number of piperidine rings is 1. The summed E-state index contributed by atoms with van der Waals surface area (Å²) in [5.74, 6) is -7.63. The zero-order valence-electron chi connectivity index (χ0n) is 41.8. The van der Waals surface area contributed by atoms with E-state index in [0.29, 0.717) is 69.1 Å². The first kappa shape index (κ1) is 54.9. The summed E-state index contributed by atoms with van der Waals surface area (Å²) in [6, 6.07) is 2.52. The molecular weight excluding hydrogens is 871 g/mol. The highest BCUT2D eigenvalue weighted by Crippen LogP contribution is 2.40. The maximum atomic E-state index is 14.4. The SMILES string of the molecule is CO[C@@H]1C[C@H](C[C@@H](C)[C@@H]2CC(=O)[C@H](C)/C=C(\C)[C@@H](O)[C@@H](OC)C(=O)[C@H](C)C[C@H](C)/C=C/C=C/C=C(\C)[C@H](c3ccco3)CC3CCC(C)[C@@](O)(O3)C(=O)C(=O)N3CCCCC3C(=O)O2)CC[C@H]1O. The number of hydrogen-bond acceptors (Lipinski definition) is 13. The molecule has 4 heterocycles. The number of hydrogen-bond donors (Lipinski definition) is 3. The molecule has 2 bridgehead atoms. The van der Waals surface area contributed by atoms with Gasteiger partial charge in [-0.3, -0.25) is 19.2 Å². The highest BCUT2D eigenvalue weighted by atomic mass is 16.6. The fraction of sp³-hybridized carbons (Fsp3) is 0.685. The zero-order valence-corrected chi connectivity index (χ0v) is 41.8. The Morgan fingerprint density at radius 2 is 1.63 bits per heavy atom. The van der Waals surface area contributed by atoms with Crippen molar-refractivity contribution in [2.45, 2.75) is 180 Å². The number of ether oxygens (including phenoxy) is 4. The summed E-state index contributed by atoms with van der Waals surface area (Å²) in [5.41, 5.74) is 1.33. The molecule has 4 aliphatic rings. The molecule has 3 fully saturated rings. The quantitative estimate of drug-likeness (QED) is 0.144. The Hall–Kier alpha value is -4.05. The van der Waals surface area contributed by atoms with Crippen LogP contribution in [0.3, 0.4) is 0 Å². The fourth-order valence-electron chi connectivity index (χ4n) is 10.7. The smallest absolute Gasteiger partial charge is 0.329 e. The van der Waals surface area contributed by atoms with E-state index in [9.17, 15) is 39.3 Å². The van der Waals surface area contributed by atoms with Gasteiger partial charge in [0.15, 0.2) is 5.78 Å². The Kier molecular flexibility index (Phi) is 20.3. The number of nitrogens with zero attached hydrogens (tertiary/aromatic N) is 1. The average Bonchev–Trinajstić information content (AvgIpc) is 3.86. The largest absolute Gasteiger partial charge is 0.469 e. The van der Waals surface area contributed by atoms with Crippen LogP contribution in [0.2, 0.25) is 0 Å². The summed E-state index contributed by atoms with van der Waals surface area (Å²) in [4.78, 5) is 72.3. The van der Waals surface area contributed by atoms with Crippen molar-refractivity contribution in [1.82, 2.24) is 4.90 Å². The molecule has 1 aliphatic carbocycles. The molecular formula is C54H79NO13. The Morgan fingerprint density at radius 1 is 0.882 bits per heavy atom. The molecule has 1 aromatic rings. The van der Waals surface area contributed by atoms with Gasteiger partial charge in [-0.25, -0.2) is 4.79 Å². The zero-order chi connectivity index (χ0) is 49.9. The minimum atomic E-state index is -2.45. The second-order valence-corrected chi connectivity index (χ2v) is 20.4. The van der Waals surface area contributed by atoms with Gasteiger partial charge in [0.25, 0.3) is 11.7 Å². The maximum absolute atomic E-state index is 14.4. The molecule has 5 rings (SSSR count). The number of allylic oxidation sites excluding steroid dienone is 7. The van der Waals surface area contributed by atoms with Crippen LogP contribution in [0.4, 0.5) is 0 Å². The lowest BCUT2D eigenvalue weighted by Gasteiger charge is -2.42. The molecule has 1 aromatic heterocycles. The molecule has 14 heteroatoms. The first-order valence-corrected chi connectivity index (χ1v) is 25.0. The van der Waals surface area contributed by atoms with Crippen molar-refractivity contribution in [3.63, 3.8) is 0 Å². The Labute approximate surface area is 403 Å². The van der Waals surface area contributed by atoms with Gasteiger partial charge in [-0.1, -0.05) is 76.6 Å². The molecule has 3 N–H and O–H groups in total. The summed E-state index contributed by atoms with van der Waals surface area (Å²) in [7, 11) is 2.95. The molecule has 1 amide bonds. The third-order valence-corrected chi connectivity index (χ3v) is 15.1. The third kappa shape index (κ3) is 13.8. The van der Waals surface area contributed by atoms with Crippen LogP contribution in [0.5, 0.6) is 0 Å². The minimum Gasteiger partial charge on any atom is -0.469 e. The van der Waals surface area contributed by atoms with Crippen LogP contribution in [-0.2, 0) is 42.9 Å². The number of fused-ring (bicyclic) bond motifs is 3. The van der Waals surface area contributed by atoms with Crippen molar-refractivity contribution in [1.29, 1.82) is 0 Å². The minimum absolute atomic E-state index is 0.00926. The van der Waals surface area contributed by atoms with Gasteiger partial charge in [-0.05, 0) is 120 Å². The molecule has 14 nitrogen and oxygen atoms in total. The van der Waals surface area contributed by atoms with Crippen LogP contribution < -0.4 is 0 Å². The number of furan rings is 1. The lowest BCUT2D eigenvalue weighted by molar-refractivity contribution is -0.264. The van der Waals surface area contributed by atoms with Gasteiger partial charge >= 0.3 is 5.97 Å². The number of esters is 1. The number of Topliss-reactive ketones (excluding diaryl/α,β-unsaturated/α-hetero) is 3. The molecule has 0 aromatic carbocycles. The number of carbonyl (C=O) groups is 5. The van der Waals surface area contributed by atoms with E-state index in [1.165, 1.54) is 12.0 Å². The fourth-order valence-corrected chi connectivity index (χ4v) is 10.7. The van der Waals surface area contributed by atoms with Crippen LogP contribution >= 0.6 is 0 Å². The van der Waals surface area contributed by atoms with Crippen LogP contribution in [-0.4, -0.2) is 119 Å². The molecule has 1 saturated carbocycles. The van der Waals surface area contributed by atoms with E-state index in [0.717, 1.165) is 12.0 Å². The number of amides is 1. The summed E-state index contributed by atoms with van der Waals surface area (Å²) in [5, 5.41) is 34.1. The predicted octanol–water partition coefficient (Wildman–Crippen LogP) is 7.54. The predicted molar refractivity (Wildman–Crippen MR) is 256 cm³/mol. The Balaban J connectivity index is 1.49. The number of cyclic esters (lactones) is 1. The third-order valence-electron chi connectivity index (χ3n) is 15.1. The van der Waals surface area contributed by atoms with Crippen molar-refractivity contribution in [2.24, 2.45) is 35.5 Å². The Bertz CT molecular complexity index is 1990. The molecule has 15 atom stereocenters. The number of ketones is 3. The van der Waals surface area contributed by atoms with E-state index < -0.39 is 77.8 Å². The van der Waals surface area contributed by atoms with E-state index in [-0.39, 0.29) is 60.7 Å². The van der Waals surface area contributed by atoms with E-state index in [1.54, 1.807) is 46.3 Å². The molecule has 2 saturated heterocycles. The van der Waals surface area contributed by atoms with Crippen LogP contribution in [0.15, 0.2) is 70.4 Å². The van der Waals surface area contributed by atoms with Gasteiger partial charge < -0.3 is 43.6 Å². The first-order chi connectivity index (χ1) is 32.3. The van der Waals surface area contributed by atoms with E-state index >= 15 is 0 Å². The lowest BCUT2D eigenvalue weighted by Crippen LogP contribution is -2.60. The molecule has 0 spiro atoms. The van der Waals surface area contributed by atoms with Gasteiger partial charge in [0, 0.05) is 50.9 Å². The summed E-state index contributed by atoms with van der Waals surface area (Å²) in [6.45, 7) is 12.8. The molecule has 68 heavy (non-hydrogen) atoms. The highest BCUT2D eigenvalue weighted by molar-refractivity contribution is 6.39. The maximum Gasteiger partial charge on any atom is 0.329 e. The van der Waals surface area contributed by atoms with Crippen molar-refractivity contribution >= 4 is 29.2 Å². The highest BCUT2D eigenvalue weighted by Gasteiger charge is 2.53. The normalized spacial score (nSPS) is 39.1. The summed E-state index contributed by atoms with van der Waals surface area (Å²) >= 11 is 0. The number of methoxy groups -OCH3 is 2.